The van der Waals surface area contributed by atoms with E-state index in [1.165, 1.54) is 0 Å². The van der Waals surface area contributed by atoms with E-state index in [1.54, 1.807) is 6.92 Å². The van der Waals surface area contributed by atoms with E-state index < -0.39 is 0 Å². The van der Waals surface area contributed by atoms with Gasteiger partial charge in [0.1, 0.15) is 0 Å². The molecule has 0 bridgehead atoms. The van der Waals surface area contributed by atoms with Gasteiger partial charge in [0.05, 0.1) is 11.7 Å². The van der Waals surface area contributed by atoms with Crippen LogP contribution in [0.3, 0.4) is 0 Å². The Morgan fingerprint density at radius 3 is 2.92 bits per heavy atom. The van der Waals surface area contributed by atoms with Crippen LogP contribution in [0, 0.1) is 17.8 Å². The van der Waals surface area contributed by atoms with Gasteiger partial charge in [0.2, 0.25) is 5.78 Å². The highest BCUT2D eigenvalue weighted by Crippen LogP contribution is 2.45. The molecule has 1 aromatic heterocycles. The highest BCUT2D eigenvalue weighted by Gasteiger charge is 2.36. The van der Waals surface area contributed by atoms with Crippen LogP contribution >= 0.6 is 11.6 Å². The van der Waals surface area contributed by atoms with Gasteiger partial charge >= 0.3 is 0 Å². The molecule has 0 N–H and O–H groups in total. The molecular weight excluding hydrogens is 336 g/mol. The summed E-state index contributed by atoms with van der Waals surface area (Å²) >= 11 is 6.51. The zero-order chi connectivity index (χ0) is 17.4. The van der Waals surface area contributed by atoms with E-state index in [4.69, 9.17) is 16.3 Å². The molecule has 2 aromatic rings. The van der Waals surface area contributed by atoms with Gasteiger partial charge in [0, 0.05) is 22.9 Å². The smallest absolute Gasteiger partial charge is 0.208 e. The molecule has 4 rings (SSSR count). The number of hydrogen-bond donors (Lipinski definition) is 0. The van der Waals surface area contributed by atoms with Gasteiger partial charge < -0.3 is 4.74 Å². The first kappa shape index (κ1) is 16.6. The largest absolute Gasteiger partial charge is 0.356 e. The number of rotatable bonds is 3. The zero-order valence-corrected chi connectivity index (χ0v) is 15.1. The number of carbonyl (C=O) groups excluding carboxylic acids is 1. The van der Waals surface area contributed by atoms with E-state index in [1.807, 2.05) is 16.9 Å². The van der Waals surface area contributed by atoms with Gasteiger partial charge in [-0.1, -0.05) is 17.5 Å². The Kier molecular flexibility index (Phi) is 4.54. The average Bonchev–Trinajstić information content (AvgIpc) is 2.97. The summed E-state index contributed by atoms with van der Waals surface area (Å²) in [5.74, 6) is 5.78. The predicted octanol–water partition coefficient (Wildman–Crippen LogP) is 4.47. The average molecular weight is 357 g/mol. The van der Waals surface area contributed by atoms with Crippen molar-refractivity contribution >= 4 is 28.3 Å². The van der Waals surface area contributed by atoms with E-state index in [2.05, 4.69) is 23.0 Å². The molecule has 1 saturated heterocycles. The van der Waals surface area contributed by atoms with Crippen molar-refractivity contribution in [1.82, 2.24) is 9.78 Å². The Balaban J connectivity index is 1.60. The van der Waals surface area contributed by atoms with Crippen molar-refractivity contribution in [2.75, 3.05) is 6.61 Å². The second kappa shape index (κ2) is 6.82. The summed E-state index contributed by atoms with van der Waals surface area (Å²) < 4.78 is 7.87. The lowest BCUT2D eigenvalue weighted by molar-refractivity contribution is -0.120. The van der Waals surface area contributed by atoms with Gasteiger partial charge in [0.15, 0.2) is 6.23 Å². The second-order valence-electron chi connectivity index (χ2n) is 6.95. The van der Waals surface area contributed by atoms with Crippen molar-refractivity contribution in [2.24, 2.45) is 5.92 Å². The van der Waals surface area contributed by atoms with Gasteiger partial charge in [0.25, 0.3) is 0 Å². The van der Waals surface area contributed by atoms with Crippen LogP contribution in [-0.4, -0.2) is 22.2 Å². The molecule has 1 unspecified atom stereocenters. The minimum absolute atomic E-state index is 0.0100. The van der Waals surface area contributed by atoms with E-state index in [0.29, 0.717) is 5.92 Å². The van der Waals surface area contributed by atoms with Crippen LogP contribution in [0.2, 0.25) is 5.02 Å². The lowest BCUT2D eigenvalue weighted by atomic mass is 9.69. The fourth-order valence-corrected chi connectivity index (χ4v) is 4.18. The van der Waals surface area contributed by atoms with Gasteiger partial charge in [-0.05, 0) is 68.6 Å². The van der Waals surface area contributed by atoms with Crippen molar-refractivity contribution in [3.05, 3.63) is 28.9 Å². The van der Waals surface area contributed by atoms with Gasteiger partial charge in [-0.25, -0.2) is 4.68 Å². The number of nitrogens with zero attached hydrogens (tertiary/aromatic N) is 2. The Labute approximate surface area is 152 Å². The monoisotopic (exact) mass is 356 g/mol. The maximum absolute atomic E-state index is 11.9. The fourth-order valence-electron chi connectivity index (χ4n) is 3.85. The highest BCUT2D eigenvalue weighted by molar-refractivity contribution is 6.32. The molecule has 2 fully saturated rings. The summed E-state index contributed by atoms with van der Waals surface area (Å²) in [4.78, 5) is 11.9. The lowest BCUT2D eigenvalue weighted by Gasteiger charge is -2.34. The van der Waals surface area contributed by atoms with Crippen molar-refractivity contribution in [3.63, 3.8) is 0 Å². The Morgan fingerprint density at radius 1 is 1.36 bits per heavy atom. The SMILES string of the molecule is CC#CC(=O)C1CC(c2cc3c(cnn3C3CCCCO3)cc2Cl)C1. The van der Waals surface area contributed by atoms with Crippen LogP contribution in [-0.2, 0) is 9.53 Å². The summed E-state index contributed by atoms with van der Waals surface area (Å²) in [5, 5.41) is 6.32. The predicted molar refractivity (Wildman–Crippen MR) is 97.5 cm³/mol. The van der Waals surface area contributed by atoms with Crippen LogP contribution in [0.1, 0.15) is 56.7 Å². The fraction of sp³-hybridized carbons (Fsp3) is 0.500. The van der Waals surface area contributed by atoms with Gasteiger partial charge in [-0.15, -0.1) is 0 Å². The maximum atomic E-state index is 11.9. The Morgan fingerprint density at radius 2 is 2.20 bits per heavy atom. The van der Waals surface area contributed by atoms with Gasteiger partial charge in [-0.3, -0.25) is 4.79 Å². The third-order valence-corrected chi connectivity index (χ3v) is 5.67. The molecule has 1 atom stereocenters. The van der Waals surface area contributed by atoms with E-state index in [0.717, 1.165) is 60.2 Å². The summed E-state index contributed by atoms with van der Waals surface area (Å²) in [5.41, 5.74) is 2.18. The number of ketones is 1. The molecule has 1 saturated carbocycles. The molecule has 0 spiro atoms. The quantitative estimate of drug-likeness (QED) is 0.601. The van der Waals surface area contributed by atoms with Crippen LogP contribution < -0.4 is 0 Å². The standard InChI is InChI=1S/C20H21ClN2O2/c1-2-5-19(24)14-8-13(9-14)16-11-18-15(10-17(16)21)12-22-23(18)20-6-3-4-7-25-20/h10-14,20H,3-4,6-9H2,1H3. The Bertz CT molecular complexity index is 865. The topological polar surface area (TPSA) is 44.1 Å². The molecule has 2 aliphatic rings. The molecule has 1 aliphatic carbocycles. The summed E-state index contributed by atoms with van der Waals surface area (Å²) in [6.07, 6.45) is 6.79. The van der Waals surface area contributed by atoms with Gasteiger partial charge in [-0.2, -0.15) is 5.10 Å². The number of halogens is 1. The number of aromatic nitrogens is 2. The van der Waals surface area contributed by atoms with Crippen molar-refractivity contribution in [2.45, 2.75) is 51.2 Å². The number of hydrogen-bond acceptors (Lipinski definition) is 3. The Hall–Kier alpha value is -1.83. The van der Waals surface area contributed by atoms with E-state index in [9.17, 15) is 4.79 Å². The molecule has 1 aromatic carbocycles. The van der Waals surface area contributed by atoms with Crippen molar-refractivity contribution in [1.29, 1.82) is 0 Å². The summed E-state index contributed by atoms with van der Waals surface area (Å²) in [6, 6.07) is 4.12. The van der Waals surface area contributed by atoms with Crippen LogP contribution in [0.25, 0.3) is 10.9 Å². The molecule has 2 heterocycles. The van der Waals surface area contributed by atoms with Crippen molar-refractivity contribution < 1.29 is 9.53 Å². The maximum Gasteiger partial charge on any atom is 0.208 e. The van der Waals surface area contributed by atoms with E-state index in [-0.39, 0.29) is 17.9 Å². The first-order valence-corrected chi connectivity index (χ1v) is 9.30. The third-order valence-electron chi connectivity index (χ3n) is 5.34. The summed E-state index contributed by atoms with van der Waals surface area (Å²) in [6.45, 7) is 2.49. The molecule has 1 aliphatic heterocycles. The molecule has 0 radical (unpaired) electrons. The number of carbonyl (C=O) groups is 1. The minimum Gasteiger partial charge on any atom is -0.356 e. The lowest BCUT2D eigenvalue weighted by Crippen LogP contribution is -2.28. The number of benzene rings is 1. The van der Waals surface area contributed by atoms with Crippen LogP contribution in [0.4, 0.5) is 0 Å². The number of ether oxygens (including phenoxy) is 1. The molecule has 5 heteroatoms. The molecule has 130 valence electrons. The third kappa shape index (κ3) is 3.07. The molecule has 4 nitrogen and oxygen atoms in total. The minimum atomic E-state index is 0.0100. The van der Waals surface area contributed by atoms with Crippen molar-refractivity contribution in [3.8, 4) is 11.8 Å². The zero-order valence-electron chi connectivity index (χ0n) is 14.3. The van der Waals surface area contributed by atoms with Crippen LogP contribution in [0.5, 0.6) is 0 Å². The first-order chi connectivity index (χ1) is 12.2. The number of fused-ring (bicyclic) bond motifs is 1. The molecular formula is C20H21ClN2O2. The second-order valence-corrected chi connectivity index (χ2v) is 7.35. The highest BCUT2D eigenvalue weighted by atomic mass is 35.5. The van der Waals surface area contributed by atoms with E-state index >= 15 is 0 Å². The first-order valence-electron chi connectivity index (χ1n) is 8.92. The summed E-state index contributed by atoms with van der Waals surface area (Å²) in [7, 11) is 0. The number of Topliss-reactive ketones (excluding diaryl/α,β-unsaturated/α-hetero) is 1. The molecule has 0 amide bonds. The van der Waals surface area contributed by atoms with Crippen LogP contribution in [0.15, 0.2) is 18.3 Å². The molecule has 25 heavy (non-hydrogen) atoms. The normalized spacial score (nSPS) is 25.9.